The van der Waals surface area contributed by atoms with E-state index in [2.05, 4.69) is 10.2 Å². The summed E-state index contributed by atoms with van der Waals surface area (Å²) in [5, 5.41) is 13.5. The number of carboxylic acids is 1. The number of piperidine rings is 1. The van der Waals surface area contributed by atoms with Crippen LogP contribution in [0.4, 0.5) is 0 Å². The number of carboxylic acid groups (broad SMARTS) is 1. The lowest BCUT2D eigenvalue weighted by Crippen LogP contribution is -2.63. The molecule has 2 unspecified atom stereocenters. The van der Waals surface area contributed by atoms with Gasteiger partial charge in [-0.3, -0.25) is 15.0 Å². The average molecular weight is 280 g/mol. The largest absolute Gasteiger partial charge is 0.480 e. The average Bonchev–Trinajstić information content (AvgIpc) is 2.64. The Morgan fingerprint density at radius 3 is 2.40 bits per heavy atom. The van der Waals surface area contributed by atoms with E-state index in [1.165, 1.54) is 38.5 Å². The van der Waals surface area contributed by atoms with Gasteiger partial charge in [0.2, 0.25) is 0 Å². The standard InChI is InChI=1S/C16H28N2O2/c19-15(20)16(17-13-7-3-1-2-4-8-13)10-12-18-11-6-5-9-14(16)18/h13-14,17H,1-12H2,(H,19,20). The van der Waals surface area contributed by atoms with Gasteiger partial charge in [-0.05, 0) is 38.6 Å². The third-order valence-electron chi connectivity index (χ3n) is 5.67. The molecule has 0 bridgehead atoms. The Labute approximate surface area is 121 Å². The maximum Gasteiger partial charge on any atom is 0.325 e. The Balaban J connectivity index is 1.75. The van der Waals surface area contributed by atoms with Crippen LogP contribution in [-0.2, 0) is 4.79 Å². The molecule has 4 nitrogen and oxygen atoms in total. The second-order valence-electron chi connectivity index (χ2n) is 6.91. The number of rotatable bonds is 3. The molecule has 0 amide bonds. The van der Waals surface area contributed by atoms with Gasteiger partial charge in [-0.15, -0.1) is 0 Å². The van der Waals surface area contributed by atoms with E-state index in [-0.39, 0.29) is 6.04 Å². The van der Waals surface area contributed by atoms with Crippen LogP contribution in [0.15, 0.2) is 0 Å². The predicted molar refractivity (Wildman–Crippen MR) is 78.8 cm³/mol. The molecule has 1 saturated carbocycles. The summed E-state index contributed by atoms with van der Waals surface area (Å²) < 4.78 is 0. The molecule has 3 fully saturated rings. The lowest BCUT2D eigenvalue weighted by molar-refractivity contribution is -0.147. The SMILES string of the molecule is O=C(O)C1(NC2CCCCCC2)CCN2CCCCC21. The van der Waals surface area contributed by atoms with Gasteiger partial charge in [0.25, 0.3) is 0 Å². The molecule has 0 aromatic rings. The molecule has 0 radical (unpaired) electrons. The van der Waals surface area contributed by atoms with E-state index in [1.807, 2.05) is 0 Å². The Kier molecular flexibility index (Phi) is 4.32. The highest BCUT2D eigenvalue weighted by Gasteiger charge is 2.53. The van der Waals surface area contributed by atoms with Crippen molar-refractivity contribution in [3.8, 4) is 0 Å². The summed E-state index contributed by atoms with van der Waals surface area (Å²) in [4.78, 5) is 14.5. The van der Waals surface area contributed by atoms with Crippen molar-refractivity contribution in [2.24, 2.45) is 0 Å². The molecule has 2 heterocycles. The highest BCUT2D eigenvalue weighted by atomic mass is 16.4. The molecular weight excluding hydrogens is 252 g/mol. The van der Waals surface area contributed by atoms with Gasteiger partial charge in [-0.1, -0.05) is 32.1 Å². The van der Waals surface area contributed by atoms with E-state index < -0.39 is 11.5 Å². The first kappa shape index (κ1) is 14.3. The number of hydrogen-bond acceptors (Lipinski definition) is 3. The lowest BCUT2D eigenvalue weighted by Gasteiger charge is -2.40. The second-order valence-corrected chi connectivity index (χ2v) is 6.91. The Morgan fingerprint density at radius 2 is 1.70 bits per heavy atom. The number of nitrogens with zero attached hydrogens (tertiary/aromatic N) is 1. The Hall–Kier alpha value is -0.610. The van der Waals surface area contributed by atoms with Crippen molar-refractivity contribution < 1.29 is 9.90 Å². The summed E-state index contributed by atoms with van der Waals surface area (Å²) in [7, 11) is 0. The fourth-order valence-electron chi connectivity index (χ4n) is 4.57. The van der Waals surface area contributed by atoms with Crippen LogP contribution in [0.25, 0.3) is 0 Å². The van der Waals surface area contributed by atoms with Crippen molar-refractivity contribution in [2.45, 2.75) is 81.8 Å². The first-order chi connectivity index (χ1) is 9.72. The molecule has 114 valence electrons. The fraction of sp³-hybridized carbons (Fsp3) is 0.938. The minimum Gasteiger partial charge on any atom is -0.480 e. The van der Waals surface area contributed by atoms with Crippen LogP contribution in [0.5, 0.6) is 0 Å². The van der Waals surface area contributed by atoms with Crippen LogP contribution in [0.3, 0.4) is 0 Å². The Morgan fingerprint density at radius 1 is 1.00 bits per heavy atom. The molecule has 2 aliphatic heterocycles. The van der Waals surface area contributed by atoms with Crippen molar-refractivity contribution in [1.29, 1.82) is 0 Å². The third kappa shape index (κ3) is 2.60. The molecule has 20 heavy (non-hydrogen) atoms. The molecule has 2 saturated heterocycles. The summed E-state index contributed by atoms with van der Waals surface area (Å²) in [6, 6.07) is 0.632. The van der Waals surface area contributed by atoms with Crippen molar-refractivity contribution in [2.75, 3.05) is 13.1 Å². The van der Waals surface area contributed by atoms with Gasteiger partial charge in [0.05, 0.1) is 0 Å². The Bertz CT molecular complexity index is 352. The van der Waals surface area contributed by atoms with E-state index in [1.54, 1.807) is 0 Å². The van der Waals surface area contributed by atoms with Crippen LogP contribution >= 0.6 is 0 Å². The maximum absolute atomic E-state index is 12.0. The number of fused-ring (bicyclic) bond motifs is 1. The quantitative estimate of drug-likeness (QED) is 0.779. The second kappa shape index (κ2) is 6.02. The summed E-state index contributed by atoms with van der Waals surface area (Å²) in [5.41, 5.74) is -0.671. The zero-order valence-electron chi connectivity index (χ0n) is 12.4. The molecule has 2 N–H and O–H groups in total. The zero-order valence-corrected chi connectivity index (χ0v) is 12.4. The normalized spacial score (nSPS) is 36.5. The van der Waals surface area contributed by atoms with Crippen molar-refractivity contribution in [3.05, 3.63) is 0 Å². The molecule has 0 aromatic carbocycles. The van der Waals surface area contributed by atoms with Gasteiger partial charge >= 0.3 is 5.97 Å². The van der Waals surface area contributed by atoms with Gasteiger partial charge in [0.15, 0.2) is 0 Å². The van der Waals surface area contributed by atoms with E-state index in [0.29, 0.717) is 6.04 Å². The summed E-state index contributed by atoms with van der Waals surface area (Å²) in [6.07, 6.45) is 11.7. The van der Waals surface area contributed by atoms with Gasteiger partial charge < -0.3 is 5.11 Å². The highest BCUT2D eigenvalue weighted by Crippen LogP contribution is 2.36. The molecule has 3 aliphatic rings. The number of hydrogen-bond donors (Lipinski definition) is 2. The molecule has 3 rings (SSSR count). The highest BCUT2D eigenvalue weighted by molar-refractivity contribution is 5.80. The summed E-state index contributed by atoms with van der Waals surface area (Å²) in [5.74, 6) is -0.615. The zero-order chi connectivity index (χ0) is 14.0. The van der Waals surface area contributed by atoms with E-state index >= 15 is 0 Å². The maximum atomic E-state index is 12.0. The van der Waals surface area contributed by atoms with Crippen LogP contribution < -0.4 is 5.32 Å². The molecule has 4 heteroatoms. The van der Waals surface area contributed by atoms with Crippen LogP contribution in [0.1, 0.15) is 64.2 Å². The van der Waals surface area contributed by atoms with Gasteiger partial charge in [0, 0.05) is 18.6 Å². The van der Waals surface area contributed by atoms with Crippen molar-refractivity contribution in [3.63, 3.8) is 0 Å². The molecule has 0 spiro atoms. The van der Waals surface area contributed by atoms with Gasteiger partial charge in [-0.25, -0.2) is 0 Å². The van der Waals surface area contributed by atoms with Gasteiger partial charge in [-0.2, -0.15) is 0 Å². The summed E-state index contributed by atoms with van der Waals surface area (Å²) in [6.45, 7) is 2.04. The van der Waals surface area contributed by atoms with Gasteiger partial charge in [0.1, 0.15) is 5.54 Å². The number of nitrogens with one attached hydrogen (secondary N) is 1. The van der Waals surface area contributed by atoms with Crippen LogP contribution in [-0.4, -0.2) is 46.7 Å². The summed E-state index contributed by atoms with van der Waals surface area (Å²) >= 11 is 0. The number of aliphatic carboxylic acids is 1. The first-order valence-electron chi connectivity index (χ1n) is 8.47. The van der Waals surface area contributed by atoms with Crippen LogP contribution in [0, 0.1) is 0 Å². The number of carbonyl (C=O) groups is 1. The van der Waals surface area contributed by atoms with Crippen LogP contribution in [0.2, 0.25) is 0 Å². The smallest absolute Gasteiger partial charge is 0.325 e. The molecular formula is C16H28N2O2. The monoisotopic (exact) mass is 280 g/mol. The fourth-order valence-corrected chi connectivity index (χ4v) is 4.57. The lowest BCUT2D eigenvalue weighted by atomic mass is 9.84. The van der Waals surface area contributed by atoms with Crippen molar-refractivity contribution >= 4 is 5.97 Å². The minimum atomic E-state index is -0.671. The third-order valence-corrected chi connectivity index (χ3v) is 5.67. The topological polar surface area (TPSA) is 52.6 Å². The van der Waals surface area contributed by atoms with E-state index in [9.17, 15) is 9.90 Å². The molecule has 0 aromatic heterocycles. The van der Waals surface area contributed by atoms with Crippen molar-refractivity contribution in [1.82, 2.24) is 10.2 Å². The predicted octanol–water partition coefficient (Wildman–Crippen LogP) is 2.38. The first-order valence-corrected chi connectivity index (χ1v) is 8.47. The molecule has 1 aliphatic carbocycles. The van der Waals surface area contributed by atoms with E-state index in [4.69, 9.17) is 0 Å². The minimum absolute atomic E-state index is 0.219. The van der Waals surface area contributed by atoms with E-state index in [0.717, 1.165) is 38.8 Å². The molecule has 2 atom stereocenters.